The Labute approximate surface area is 170 Å². The largest absolute Gasteiger partial charge is 0.351 e. The van der Waals surface area contributed by atoms with Crippen molar-refractivity contribution >= 4 is 8.15 Å². The normalized spacial score (nSPS) is 16.1. The lowest BCUT2D eigenvalue weighted by Gasteiger charge is -2.46. The van der Waals surface area contributed by atoms with Crippen molar-refractivity contribution in [1.29, 1.82) is 0 Å². The fourth-order valence-electron chi connectivity index (χ4n) is 4.43. The molecule has 0 saturated carbocycles. The molecule has 1 aromatic carbocycles. The Bertz CT molecular complexity index is 476. The van der Waals surface area contributed by atoms with Crippen LogP contribution in [0.5, 0.6) is 0 Å². The molecular weight excluding hydrogens is 351 g/mol. The highest BCUT2D eigenvalue weighted by Crippen LogP contribution is 2.52. The van der Waals surface area contributed by atoms with E-state index in [1.807, 2.05) is 0 Å². The summed E-state index contributed by atoms with van der Waals surface area (Å²) in [6.45, 7) is 23.8. The molecule has 4 heteroatoms. The van der Waals surface area contributed by atoms with Gasteiger partial charge in [-0.25, -0.2) is 0 Å². The molecule has 3 nitrogen and oxygen atoms in total. The zero-order valence-electron chi connectivity index (χ0n) is 19.3. The molecule has 27 heavy (non-hydrogen) atoms. The molecule has 2 atom stereocenters. The molecule has 0 amide bonds. The van der Waals surface area contributed by atoms with Crippen LogP contribution < -0.4 is 0 Å². The quantitative estimate of drug-likeness (QED) is 0.397. The van der Waals surface area contributed by atoms with Gasteiger partial charge >= 0.3 is 0 Å². The Morgan fingerprint density at radius 1 is 0.667 bits per heavy atom. The van der Waals surface area contributed by atoms with E-state index in [9.17, 15) is 0 Å². The molecule has 0 saturated heterocycles. The molecule has 0 fully saturated rings. The SMILES string of the molecule is CC(C)N(C(C)C)C(C)P(OCc1ccccc1)C(C)N(C(C)C)C(C)C. The molecule has 0 aliphatic heterocycles. The van der Waals surface area contributed by atoms with E-state index in [0.717, 1.165) is 0 Å². The second-order valence-corrected chi connectivity index (χ2v) is 11.1. The van der Waals surface area contributed by atoms with E-state index in [2.05, 4.69) is 109 Å². The van der Waals surface area contributed by atoms with Crippen LogP contribution in [-0.4, -0.2) is 45.5 Å². The molecule has 0 radical (unpaired) electrons. The number of hydrogen-bond acceptors (Lipinski definition) is 3. The summed E-state index contributed by atoms with van der Waals surface area (Å²) in [5.74, 6) is 0.803. The first-order valence-corrected chi connectivity index (χ1v) is 12.0. The summed E-state index contributed by atoms with van der Waals surface area (Å²) in [7, 11) is -0.663. The Balaban J connectivity index is 3.13. The van der Waals surface area contributed by atoms with Gasteiger partial charge in [-0.15, -0.1) is 0 Å². The first-order chi connectivity index (χ1) is 12.6. The number of nitrogens with zero attached hydrogens (tertiary/aromatic N) is 2. The Morgan fingerprint density at radius 3 is 1.37 bits per heavy atom. The van der Waals surface area contributed by atoms with Crippen molar-refractivity contribution in [1.82, 2.24) is 9.80 Å². The van der Waals surface area contributed by atoms with E-state index in [1.165, 1.54) is 5.56 Å². The first kappa shape index (κ1) is 24.6. The van der Waals surface area contributed by atoms with Crippen molar-refractivity contribution in [2.75, 3.05) is 0 Å². The predicted octanol–water partition coefficient (Wildman–Crippen LogP) is 6.53. The lowest BCUT2D eigenvalue weighted by Crippen LogP contribution is -2.48. The van der Waals surface area contributed by atoms with Gasteiger partial charge in [0.2, 0.25) is 0 Å². The van der Waals surface area contributed by atoms with Gasteiger partial charge in [-0.1, -0.05) is 30.3 Å². The molecule has 0 heterocycles. The van der Waals surface area contributed by atoms with E-state index >= 15 is 0 Å². The van der Waals surface area contributed by atoms with Crippen LogP contribution in [0.15, 0.2) is 30.3 Å². The molecule has 1 rings (SSSR count). The second-order valence-electron chi connectivity index (χ2n) is 8.65. The van der Waals surface area contributed by atoms with E-state index in [1.54, 1.807) is 0 Å². The highest BCUT2D eigenvalue weighted by molar-refractivity contribution is 7.53. The minimum Gasteiger partial charge on any atom is -0.351 e. The van der Waals surface area contributed by atoms with Crippen LogP contribution in [0.3, 0.4) is 0 Å². The third kappa shape index (κ3) is 7.13. The van der Waals surface area contributed by atoms with Crippen LogP contribution in [0, 0.1) is 0 Å². The van der Waals surface area contributed by atoms with Crippen LogP contribution >= 0.6 is 8.15 Å². The minimum absolute atomic E-state index is 0.402. The highest BCUT2D eigenvalue weighted by atomic mass is 31.1. The fraction of sp³-hybridized carbons (Fsp3) is 0.739. The average Bonchev–Trinajstić information content (AvgIpc) is 2.54. The van der Waals surface area contributed by atoms with Gasteiger partial charge in [-0.3, -0.25) is 9.80 Å². The monoisotopic (exact) mass is 394 g/mol. The highest BCUT2D eigenvalue weighted by Gasteiger charge is 2.36. The topological polar surface area (TPSA) is 15.7 Å². The van der Waals surface area contributed by atoms with Gasteiger partial charge in [0.25, 0.3) is 0 Å². The Hall–Kier alpha value is -0.470. The van der Waals surface area contributed by atoms with Crippen LogP contribution in [0.4, 0.5) is 0 Å². The standard InChI is InChI=1S/C23H43N2OP/c1-17(2)24(18(3)4)21(9)27(22(10)25(19(5)6)20(7)8)26-16-23-14-12-11-13-15-23/h11-15,17-22H,16H2,1-10H3. The summed E-state index contributed by atoms with van der Waals surface area (Å²) in [5, 5.41) is 0. The maximum absolute atomic E-state index is 6.70. The van der Waals surface area contributed by atoms with E-state index < -0.39 is 8.15 Å². The third-order valence-corrected chi connectivity index (χ3v) is 7.64. The summed E-state index contributed by atoms with van der Waals surface area (Å²) >= 11 is 0. The molecule has 0 aliphatic rings. The van der Waals surface area contributed by atoms with Crippen molar-refractivity contribution in [2.24, 2.45) is 0 Å². The lowest BCUT2D eigenvalue weighted by molar-refractivity contribution is 0.131. The zero-order chi connectivity index (χ0) is 20.7. The second kappa shape index (κ2) is 11.5. The van der Waals surface area contributed by atoms with Crippen LogP contribution in [0.2, 0.25) is 0 Å². The van der Waals surface area contributed by atoms with Crippen molar-refractivity contribution in [3.05, 3.63) is 35.9 Å². The molecule has 0 N–H and O–H groups in total. The van der Waals surface area contributed by atoms with Crippen LogP contribution in [0.1, 0.15) is 74.8 Å². The number of hydrogen-bond donors (Lipinski definition) is 0. The number of rotatable bonds is 11. The van der Waals surface area contributed by atoms with Gasteiger partial charge < -0.3 is 4.52 Å². The molecule has 0 spiro atoms. The third-order valence-electron chi connectivity index (χ3n) is 5.21. The molecule has 2 unspecified atom stereocenters. The van der Waals surface area contributed by atoms with E-state index in [-0.39, 0.29) is 0 Å². The summed E-state index contributed by atoms with van der Waals surface area (Å²) in [6.07, 6.45) is 0. The Kier molecular flexibility index (Phi) is 10.5. The van der Waals surface area contributed by atoms with Gasteiger partial charge in [0.15, 0.2) is 0 Å². The maximum Gasteiger partial charge on any atom is 0.0761 e. The maximum atomic E-state index is 6.70. The molecule has 0 bridgehead atoms. The summed E-state index contributed by atoms with van der Waals surface area (Å²) < 4.78 is 6.70. The van der Waals surface area contributed by atoms with Gasteiger partial charge in [-0.05, 0) is 74.8 Å². The molecule has 0 aromatic heterocycles. The molecular formula is C23H43N2OP. The smallest absolute Gasteiger partial charge is 0.0761 e. The van der Waals surface area contributed by atoms with Gasteiger partial charge in [0.1, 0.15) is 0 Å². The summed E-state index contributed by atoms with van der Waals surface area (Å²) in [5.41, 5.74) is 1.26. The first-order valence-electron chi connectivity index (χ1n) is 10.6. The lowest BCUT2D eigenvalue weighted by atomic mass is 10.2. The van der Waals surface area contributed by atoms with Crippen LogP contribution in [0.25, 0.3) is 0 Å². The fourth-order valence-corrected chi connectivity index (χ4v) is 7.38. The summed E-state index contributed by atoms with van der Waals surface area (Å²) in [6, 6.07) is 12.6. The average molecular weight is 395 g/mol. The van der Waals surface area contributed by atoms with E-state index in [4.69, 9.17) is 4.52 Å². The van der Waals surface area contributed by atoms with Crippen molar-refractivity contribution in [3.63, 3.8) is 0 Å². The minimum atomic E-state index is -0.663. The van der Waals surface area contributed by atoms with Crippen molar-refractivity contribution < 1.29 is 4.52 Å². The van der Waals surface area contributed by atoms with Crippen LogP contribution in [-0.2, 0) is 11.1 Å². The molecule has 156 valence electrons. The van der Waals surface area contributed by atoms with Gasteiger partial charge in [-0.2, -0.15) is 0 Å². The van der Waals surface area contributed by atoms with Crippen molar-refractivity contribution in [3.8, 4) is 0 Å². The zero-order valence-corrected chi connectivity index (χ0v) is 20.2. The van der Waals surface area contributed by atoms with E-state index in [0.29, 0.717) is 42.3 Å². The number of benzene rings is 1. The molecule has 0 aliphatic carbocycles. The predicted molar refractivity (Wildman–Crippen MR) is 121 cm³/mol. The van der Waals surface area contributed by atoms with Gasteiger partial charge in [0.05, 0.1) is 26.3 Å². The molecule has 1 aromatic rings. The van der Waals surface area contributed by atoms with Gasteiger partial charge in [0, 0.05) is 24.2 Å². The summed E-state index contributed by atoms with van der Waals surface area (Å²) in [4.78, 5) is 5.23. The Morgan fingerprint density at radius 2 is 1.04 bits per heavy atom. The van der Waals surface area contributed by atoms with Crippen molar-refractivity contribution in [2.45, 2.75) is 112 Å².